The van der Waals surface area contributed by atoms with E-state index >= 15 is 0 Å². The van der Waals surface area contributed by atoms with Crippen molar-refractivity contribution in [2.45, 2.75) is 45.4 Å². The zero-order valence-corrected chi connectivity index (χ0v) is 13.3. The molecule has 118 valence electrons. The van der Waals surface area contributed by atoms with Crippen molar-refractivity contribution in [1.82, 2.24) is 5.32 Å². The quantitative estimate of drug-likeness (QED) is 0.731. The van der Waals surface area contributed by atoms with Gasteiger partial charge in [-0.2, -0.15) is 0 Å². The molecule has 1 amide bonds. The van der Waals surface area contributed by atoms with E-state index in [0.717, 1.165) is 25.7 Å². The summed E-state index contributed by atoms with van der Waals surface area (Å²) in [5, 5.41) is 2.81. The van der Waals surface area contributed by atoms with Crippen molar-refractivity contribution in [3.63, 3.8) is 0 Å². The predicted octanol–water partition coefficient (Wildman–Crippen LogP) is 1.63. The van der Waals surface area contributed by atoms with Gasteiger partial charge in [0, 0.05) is 13.0 Å². The van der Waals surface area contributed by atoms with Crippen LogP contribution in [-0.2, 0) is 14.3 Å². The van der Waals surface area contributed by atoms with E-state index in [9.17, 15) is 9.59 Å². The summed E-state index contributed by atoms with van der Waals surface area (Å²) in [5.41, 5.74) is 5.83. The Hall–Kier alpha value is -0.810. The molecule has 0 bridgehead atoms. The van der Waals surface area contributed by atoms with Crippen molar-refractivity contribution in [1.29, 1.82) is 0 Å². The third kappa shape index (κ3) is 5.67. The Morgan fingerprint density at radius 3 is 2.40 bits per heavy atom. The number of rotatable bonds is 6. The number of hydrogen-bond donors (Lipinski definition) is 2. The summed E-state index contributed by atoms with van der Waals surface area (Å²) in [5.74, 6) is -0.622. The molecular weight excluding hydrogens is 280 g/mol. The van der Waals surface area contributed by atoms with Crippen LogP contribution in [0.1, 0.15) is 45.4 Å². The molecule has 0 radical (unpaired) electrons. The van der Waals surface area contributed by atoms with Gasteiger partial charge in [-0.05, 0) is 24.8 Å². The summed E-state index contributed by atoms with van der Waals surface area (Å²) >= 11 is 0. The fourth-order valence-corrected chi connectivity index (χ4v) is 2.71. The van der Waals surface area contributed by atoms with Crippen LogP contribution in [0.4, 0.5) is 0 Å². The Bertz CT molecular complexity index is 318. The Morgan fingerprint density at radius 1 is 1.30 bits per heavy atom. The van der Waals surface area contributed by atoms with Crippen molar-refractivity contribution in [2.75, 3.05) is 20.2 Å². The van der Waals surface area contributed by atoms with Crippen LogP contribution in [0.25, 0.3) is 0 Å². The molecule has 1 saturated carbocycles. The van der Waals surface area contributed by atoms with Gasteiger partial charge in [0.25, 0.3) is 0 Å². The Morgan fingerprint density at radius 2 is 1.90 bits per heavy atom. The van der Waals surface area contributed by atoms with E-state index in [1.54, 1.807) is 6.92 Å². The van der Waals surface area contributed by atoms with Crippen LogP contribution in [0, 0.1) is 11.3 Å². The van der Waals surface area contributed by atoms with Gasteiger partial charge in [0.1, 0.15) is 0 Å². The first-order valence-corrected chi connectivity index (χ1v) is 7.07. The fraction of sp³-hybridized carbons (Fsp3) is 0.857. The van der Waals surface area contributed by atoms with Gasteiger partial charge in [-0.15, -0.1) is 12.4 Å². The molecule has 3 N–H and O–H groups in total. The Labute approximate surface area is 127 Å². The van der Waals surface area contributed by atoms with Crippen molar-refractivity contribution in [3.8, 4) is 0 Å². The number of carbonyl (C=O) groups is 2. The molecule has 0 aliphatic heterocycles. The second kappa shape index (κ2) is 9.19. The van der Waals surface area contributed by atoms with Crippen LogP contribution in [0.3, 0.4) is 0 Å². The maximum Gasteiger partial charge on any atom is 0.310 e. The van der Waals surface area contributed by atoms with Gasteiger partial charge < -0.3 is 15.8 Å². The van der Waals surface area contributed by atoms with Crippen LogP contribution >= 0.6 is 12.4 Å². The third-order valence-electron chi connectivity index (χ3n) is 4.09. The second-order valence-corrected chi connectivity index (χ2v) is 5.67. The molecular formula is C14H27ClN2O3. The molecule has 5 nitrogen and oxygen atoms in total. The van der Waals surface area contributed by atoms with Gasteiger partial charge in [-0.25, -0.2) is 0 Å². The minimum absolute atomic E-state index is 0. The highest BCUT2D eigenvalue weighted by Crippen LogP contribution is 2.38. The van der Waals surface area contributed by atoms with Crippen LogP contribution < -0.4 is 11.1 Å². The molecule has 1 rings (SSSR count). The Balaban J connectivity index is 0.00000361. The number of amides is 1. The number of halogens is 1. The number of esters is 1. The van der Waals surface area contributed by atoms with Crippen LogP contribution in [0.15, 0.2) is 0 Å². The molecule has 1 atom stereocenters. The summed E-state index contributed by atoms with van der Waals surface area (Å²) in [6.07, 6.45) is 6.08. The molecule has 0 spiro atoms. The monoisotopic (exact) mass is 306 g/mol. The molecule has 0 aromatic heterocycles. The van der Waals surface area contributed by atoms with Gasteiger partial charge in [0.05, 0.1) is 13.0 Å². The first-order valence-electron chi connectivity index (χ1n) is 7.07. The smallest absolute Gasteiger partial charge is 0.310 e. The van der Waals surface area contributed by atoms with Gasteiger partial charge in [0.2, 0.25) is 5.91 Å². The zero-order valence-electron chi connectivity index (χ0n) is 12.4. The molecule has 1 fully saturated rings. The minimum atomic E-state index is -0.311. The largest absolute Gasteiger partial charge is 0.469 e. The first-order chi connectivity index (χ1) is 9.03. The van der Waals surface area contributed by atoms with Crippen LogP contribution in [-0.4, -0.2) is 32.1 Å². The summed E-state index contributed by atoms with van der Waals surface area (Å²) in [7, 11) is 1.35. The number of ether oxygens (including phenoxy) is 1. The third-order valence-corrected chi connectivity index (χ3v) is 4.09. The molecule has 1 aliphatic rings. The standard InChI is InChI=1S/C14H26N2O3.ClH/c1-11(13(18)19-2)9-16-12(17)8-14(10-15)6-4-3-5-7-14;/h11H,3-10,15H2,1-2H3,(H,16,17);1H. The van der Waals surface area contributed by atoms with Gasteiger partial charge in [0.15, 0.2) is 0 Å². The lowest BCUT2D eigenvalue weighted by Gasteiger charge is -2.35. The molecule has 6 heteroatoms. The minimum Gasteiger partial charge on any atom is -0.469 e. The highest BCUT2D eigenvalue weighted by atomic mass is 35.5. The van der Waals surface area contributed by atoms with E-state index in [4.69, 9.17) is 5.73 Å². The first kappa shape index (κ1) is 19.2. The van der Waals surface area contributed by atoms with Crippen molar-refractivity contribution in [3.05, 3.63) is 0 Å². The van der Waals surface area contributed by atoms with Crippen LogP contribution in [0.5, 0.6) is 0 Å². The van der Waals surface area contributed by atoms with Crippen molar-refractivity contribution in [2.24, 2.45) is 17.1 Å². The highest BCUT2D eigenvalue weighted by molar-refractivity contribution is 5.85. The van der Waals surface area contributed by atoms with Gasteiger partial charge in [-0.3, -0.25) is 9.59 Å². The molecule has 0 saturated heterocycles. The van der Waals surface area contributed by atoms with Crippen LogP contribution in [0.2, 0.25) is 0 Å². The van der Waals surface area contributed by atoms with Crippen molar-refractivity contribution >= 4 is 24.3 Å². The highest BCUT2D eigenvalue weighted by Gasteiger charge is 2.33. The average molecular weight is 307 g/mol. The molecule has 1 aliphatic carbocycles. The number of nitrogens with two attached hydrogens (primary N) is 1. The molecule has 0 aromatic carbocycles. The second-order valence-electron chi connectivity index (χ2n) is 5.67. The lowest BCUT2D eigenvalue weighted by Crippen LogP contribution is -2.40. The van der Waals surface area contributed by atoms with Gasteiger partial charge in [-0.1, -0.05) is 26.2 Å². The number of carbonyl (C=O) groups excluding carboxylic acids is 2. The lowest BCUT2D eigenvalue weighted by molar-refractivity contribution is -0.144. The van der Waals surface area contributed by atoms with E-state index < -0.39 is 0 Å². The predicted molar refractivity (Wildman–Crippen MR) is 80.6 cm³/mol. The van der Waals surface area contributed by atoms with E-state index in [2.05, 4.69) is 10.1 Å². The lowest BCUT2D eigenvalue weighted by atomic mass is 9.71. The van der Waals surface area contributed by atoms with Crippen molar-refractivity contribution < 1.29 is 14.3 Å². The molecule has 1 unspecified atom stereocenters. The normalized spacial score (nSPS) is 18.6. The van der Waals surface area contributed by atoms with E-state index in [1.807, 2.05) is 0 Å². The number of nitrogens with one attached hydrogen (secondary N) is 1. The Kier molecular flexibility index (Phi) is 8.81. The van der Waals surface area contributed by atoms with E-state index in [-0.39, 0.29) is 35.6 Å². The van der Waals surface area contributed by atoms with E-state index in [1.165, 1.54) is 13.5 Å². The number of methoxy groups -OCH3 is 1. The summed E-state index contributed by atoms with van der Waals surface area (Å²) in [4.78, 5) is 23.2. The van der Waals surface area contributed by atoms with Gasteiger partial charge >= 0.3 is 5.97 Å². The molecule has 20 heavy (non-hydrogen) atoms. The fourth-order valence-electron chi connectivity index (χ4n) is 2.71. The summed E-state index contributed by atoms with van der Waals surface area (Å²) in [6, 6.07) is 0. The maximum absolute atomic E-state index is 12.0. The summed E-state index contributed by atoms with van der Waals surface area (Å²) in [6.45, 7) is 2.63. The number of hydrogen-bond acceptors (Lipinski definition) is 4. The zero-order chi connectivity index (χ0) is 14.3. The molecule has 0 heterocycles. The maximum atomic E-state index is 12.0. The topological polar surface area (TPSA) is 81.4 Å². The SMILES string of the molecule is COC(=O)C(C)CNC(=O)CC1(CN)CCCCC1.Cl. The van der Waals surface area contributed by atoms with E-state index in [0.29, 0.717) is 19.5 Å². The average Bonchev–Trinajstić information content (AvgIpc) is 2.44. The molecule has 0 aromatic rings. The summed E-state index contributed by atoms with van der Waals surface area (Å²) < 4.78 is 4.63.